The van der Waals surface area contributed by atoms with Crippen molar-refractivity contribution in [2.75, 3.05) is 7.11 Å². The molecule has 0 aromatic rings. The molecule has 0 spiro atoms. The summed E-state index contributed by atoms with van der Waals surface area (Å²) < 4.78 is 20.2. The lowest BCUT2D eigenvalue weighted by Crippen LogP contribution is -2.51. The summed E-state index contributed by atoms with van der Waals surface area (Å²) in [6.07, 6.45) is 12.0. The first-order valence-corrected chi connectivity index (χ1v) is 22.3. The molecule has 246 valence electrons. The zero-order valence-corrected chi connectivity index (χ0v) is 31.5. The fraction of sp³-hybridized carbons (Fsp3) is 0.882. The number of carbonyl (C=O) groups is 2. The van der Waals surface area contributed by atoms with Crippen LogP contribution in [0.25, 0.3) is 0 Å². The van der Waals surface area contributed by atoms with Gasteiger partial charge in [-0.25, -0.2) is 0 Å². The van der Waals surface area contributed by atoms with Crippen LogP contribution in [0.1, 0.15) is 120 Å². The van der Waals surface area contributed by atoms with Crippen LogP contribution in [0, 0.1) is 11.8 Å². The van der Waals surface area contributed by atoms with Crippen molar-refractivity contribution >= 4 is 28.4 Å². The van der Waals surface area contributed by atoms with Gasteiger partial charge in [-0.15, -0.1) is 0 Å². The van der Waals surface area contributed by atoms with E-state index in [1.54, 1.807) is 7.11 Å². The maximum Gasteiger partial charge on any atom is 0.303 e. The number of ether oxygens (including phenoxy) is 1. The number of hydrogen-bond donors (Lipinski definition) is 1. The summed E-state index contributed by atoms with van der Waals surface area (Å²) in [6.45, 7) is 27.0. The Balaban J connectivity index is 3.41. The SMILES string of the molecule is CCCC[C@@](C)(OC)[C@@H](C=C[C@H]1[C@H](O[Si](C)(C)C(C)(C)C)CC(=O)[C@@H]1CCCCCCC(=O)O)O[Si](C)(C)C(C)(C)C. The first kappa shape index (κ1) is 39.2. The molecule has 1 rings (SSSR count). The number of carboxylic acids is 1. The summed E-state index contributed by atoms with van der Waals surface area (Å²) in [5.74, 6) is -0.550. The summed E-state index contributed by atoms with van der Waals surface area (Å²) in [5, 5.41) is 9.06. The quantitative estimate of drug-likeness (QED) is 0.0927. The van der Waals surface area contributed by atoms with Crippen LogP contribution in [0.15, 0.2) is 12.2 Å². The van der Waals surface area contributed by atoms with Gasteiger partial charge in [-0.1, -0.05) is 92.7 Å². The summed E-state index contributed by atoms with van der Waals surface area (Å²) in [5.41, 5.74) is -0.472. The largest absolute Gasteiger partial charge is 0.481 e. The Labute approximate surface area is 261 Å². The lowest BCUT2D eigenvalue weighted by molar-refractivity contribution is -0.137. The first-order chi connectivity index (χ1) is 19.1. The molecule has 6 nitrogen and oxygen atoms in total. The molecule has 0 aromatic heterocycles. The first-order valence-electron chi connectivity index (χ1n) is 16.5. The van der Waals surface area contributed by atoms with E-state index < -0.39 is 28.2 Å². The molecule has 1 aliphatic rings. The molecule has 0 aromatic carbocycles. The predicted octanol–water partition coefficient (Wildman–Crippen LogP) is 9.55. The molecular formula is C34H66O6Si2. The molecule has 8 heteroatoms. The third-order valence-corrected chi connectivity index (χ3v) is 19.4. The Morgan fingerprint density at radius 1 is 0.952 bits per heavy atom. The van der Waals surface area contributed by atoms with Gasteiger partial charge in [0.15, 0.2) is 16.6 Å². The van der Waals surface area contributed by atoms with Crippen LogP contribution in [0.4, 0.5) is 0 Å². The normalized spacial score (nSPS) is 23.0. The molecule has 0 bridgehead atoms. The van der Waals surface area contributed by atoms with Crippen molar-refractivity contribution in [2.45, 2.75) is 174 Å². The van der Waals surface area contributed by atoms with Crippen molar-refractivity contribution < 1.29 is 28.3 Å². The average molecular weight is 627 g/mol. The van der Waals surface area contributed by atoms with Crippen molar-refractivity contribution in [1.82, 2.24) is 0 Å². The number of carbonyl (C=O) groups excluding carboxylic acids is 1. The van der Waals surface area contributed by atoms with Crippen LogP contribution in [0.3, 0.4) is 0 Å². The molecule has 1 aliphatic carbocycles. The molecular weight excluding hydrogens is 561 g/mol. The highest BCUT2D eigenvalue weighted by molar-refractivity contribution is 6.74. The highest BCUT2D eigenvalue weighted by Crippen LogP contribution is 2.44. The van der Waals surface area contributed by atoms with Crippen molar-refractivity contribution in [3.05, 3.63) is 12.2 Å². The third-order valence-electron chi connectivity index (χ3n) is 10.4. The van der Waals surface area contributed by atoms with Crippen molar-refractivity contribution in [2.24, 2.45) is 11.8 Å². The Kier molecular flexibility index (Phi) is 14.9. The second kappa shape index (κ2) is 16.0. The lowest BCUT2D eigenvalue weighted by Gasteiger charge is -2.44. The maximum atomic E-state index is 13.5. The number of unbranched alkanes of at least 4 members (excludes halogenated alkanes) is 4. The Hall–Kier alpha value is -0.806. The molecule has 1 saturated carbocycles. The van der Waals surface area contributed by atoms with E-state index in [1.807, 2.05) is 0 Å². The molecule has 1 N–H and O–H groups in total. The van der Waals surface area contributed by atoms with Crippen LogP contribution in [-0.4, -0.2) is 58.4 Å². The van der Waals surface area contributed by atoms with Gasteiger partial charge in [0.2, 0.25) is 0 Å². The van der Waals surface area contributed by atoms with Gasteiger partial charge in [0, 0.05) is 31.8 Å². The van der Waals surface area contributed by atoms with Crippen LogP contribution < -0.4 is 0 Å². The molecule has 0 saturated heterocycles. The van der Waals surface area contributed by atoms with E-state index in [1.165, 1.54) is 0 Å². The minimum atomic E-state index is -2.13. The molecule has 5 atom stereocenters. The van der Waals surface area contributed by atoms with E-state index in [9.17, 15) is 9.59 Å². The van der Waals surface area contributed by atoms with Crippen LogP contribution in [-0.2, 0) is 23.2 Å². The van der Waals surface area contributed by atoms with E-state index in [-0.39, 0.29) is 40.5 Å². The van der Waals surface area contributed by atoms with Crippen LogP contribution in [0.2, 0.25) is 36.3 Å². The Bertz CT molecular complexity index is 885. The molecule has 1 fully saturated rings. The van der Waals surface area contributed by atoms with E-state index in [4.69, 9.17) is 18.7 Å². The Morgan fingerprint density at radius 3 is 2.02 bits per heavy atom. The van der Waals surface area contributed by atoms with E-state index in [0.29, 0.717) is 18.6 Å². The smallest absolute Gasteiger partial charge is 0.303 e. The zero-order valence-electron chi connectivity index (χ0n) is 29.5. The van der Waals surface area contributed by atoms with E-state index >= 15 is 0 Å². The van der Waals surface area contributed by atoms with Gasteiger partial charge >= 0.3 is 5.97 Å². The van der Waals surface area contributed by atoms with Gasteiger partial charge in [-0.2, -0.15) is 0 Å². The van der Waals surface area contributed by atoms with Gasteiger partial charge in [0.1, 0.15) is 5.78 Å². The number of ketones is 1. The van der Waals surface area contributed by atoms with Crippen molar-refractivity contribution in [1.29, 1.82) is 0 Å². The van der Waals surface area contributed by atoms with E-state index in [2.05, 4.69) is 93.7 Å². The second-order valence-electron chi connectivity index (χ2n) is 15.9. The average Bonchev–Trinajstić information content (AvgIpc) is 3.13. The standard InChI is InChI=1S/C34H66O6Si2/c1-14-15-24-34(8,38-9)30(40-42(12,13)33(5,6)7)23-22-27-26(20-18-16-17-19-21-31(36)37)28(35)25-29(27)39-41(10,11)32(2,3)4/h22-23,26-27,29-30H,14-21,24-25H2,1-13H3,(H,36,37)/t26-,27-,29-,30-,34-/m1/s1. The summed E-state index contributed by atoms with van der Waals surface area (Å²) in [4.78, 5) is 24.4. The number of methoxy groups -OCH3 is 1. The van der Waals surface area contributed by atoms with Gasteiger partial charge in [-0.3, -0.25) is 9.59 Å². The molecule has 42 heavy (non-hydrogen) atoms. The zero-order chi connectivity index (χ0) is 32.6. The molecule has 0 unspecified atom stereocenters. The van der Waals surface area contributed by atoms with Crippen molar-refractivity contribution in [3.8, 4) is 0 Å². The van der Waals surface area contributed by atoms with Crippen LogP contribution >= 0.6 is 0 Å². The molecule has 0 radical (unpaired) electrons. The van der Waals surface area contributed by atoms with E-state index in [0.717, 1.165) is 44.9 Å². The minimum absolute atomic E-state index is 0.0107. The Morgan fingerprint density at radius 2 is 1.52 bits per heavy atom. The minimum Gasteiger partial charge on any atom is -0.481 e. The fourth-order valence-electron chi connectivity index (χ4n) is 5.22. The second-order valence-corrected chi connectivity index (χ2v) is 25.4. The molecule has 0 aliphatic heterocycles. The van der Waals surface area contributed by atoms with Gasteiger partial charge in [-0.05, 0) is 62.5 Å². The van der Waals surface area contributed by atoms with Crippen molar-refractivity contribution in [3.63, 3.8) is 0 Å². The number of Topliss-reactive ketones (excluding diaryl/α,β-unsaturated/α-hetero) is 1. The van der Waals surface area contributed by atoms with Gasteiger partial charge < -0.3 is 18.7 Å². The topological polar surface area (TPSA) is 82.1 Å². The number of hydrogen-bond acceptors (Lipinski definition) is 5. The highest BCUT2D eigenvalue weighted by atomic mass is 28.4. The van der Waals surface area contributed by atoms with Crippen LogP contribution in [0.5, 0.6) is 0 Å². The number of carboxylic acid groups (broad SMARTS) is 1. The monoisotopic (exact) mass is 626 g/mol. The molecule has 0 heterocycles. The summed E-state index contributed by atoms with van der Waals surface area (Å²) in [7, 11) is -2.44. The number of rotatable bonds is 18. The third kappa shape index (κ3) is 11.3. The fourth-order valence-corrected chi connectivity index (χ4v) is 7.89. The highest BCUT2D eigenvalue weighted by Gasteiger charge is 2.48. The number of aliphatic carboxylic acids is 1. The summed E-state index contributed by atoms with van der Waals surface area (Å²) >= 11 is 0. The lowest BCUT2D eigenvalue weighted by atomic mass is 9.86. The summed E-state index contributed by atoms with van der Waals surface area (Å²) in [6, 6.07) is 0. The molecule has 0 amide bonds. The van der Waals surface area contributed by atoms with Gasteiger partial charge in [0.25, 0.3) is 0 Å². The predicted molar refractivity (Wildman–Crippen MR) is 180 cm³/mol. The van der Waals surface area contributed by atoms with Gasteiger partial charge in [0.05, 0.1) is 17.8 Å². The maximum absolute atomic E-state index is 13.5.